The Morgan fingerprint density at radius 2 is 1.65 bits per heavy atom. The number of benzene rings is 3. The quantitative estimate of drug-likeness (QED) is 0.428. The fourth-order valence-electron chi connectivity index (χ4n) is 4.79. The molecule has 37 heavy (non-hydrogen) atoms. The first-order valence-corrected chi connectivity index (χ1v) is 12.5. The third-order valence-electron chi connectivity index (χ3n) is 6.48. The number of hydrogen-bond donors (Lipinski definition) is 1. The highest BCUT2D eigenvalue weighted by Crippen LogP contribution is 2.28. The van der Waals surface area contributed by atoms with Crippen molar-refractivity contribution in [3.05, 3.63) is 107 Å². The topological polar surface area (TPSA) is 76.8 Å². The second kappa shape index (κ2) is 11.5. The first-order valence-electron chi connectivity index (χ1n) is 12.5. The van der Waals surface area contributed by atoms with Gasteiger partial charge in [0.25, 0.3) is 0 Å². The molecule has 1 heterocycles. The molecule has 1 fully saturated rings. The van der Waals surface area contributed by atoms with Gasteiger partial charge in [-0.15, -0.1) is 0 Å². The molecular formula is C30H32FN3O3. The summed E-state index contributed by atoms with van der Waals surface area (Å²) < 4.78 is 20.1. The maximum atomic E-state index is 14.1. The van der Waals surface area contributed by atoms with Gasteiger partial charge >= 0.3 is 6.03 Å². The van der Waals surface area contributed by atoms with E-state index >= 15 is 0 Å². The Morgan fingerprint density at radius 3 is 2.27 bits per heavy atom. The van der Waals surface area contributed by atoms with Gasteiger partial charge < -0.3 is 19.6 Å². The van der Waals surface area contributed by atoms with Crippen LogP contribution in [-0.4, -0.2) is 45.4 Å². The molecule has 1 N–H and O–H groups in total. The lowest BCUT2D eigenvalue weighted by molar-refractivity contribution is -0.216. The van der Waals surface area contributed by atoms with E-state index in [-0.39, 0.29) is 24.2 Å². The number of nitrogens with zero attached hydrogens (tertiary/aromatic N) is 3. The van der Waals surface area contributed by atoms with Crippen molar-refractivity contribution >= 4 is 6.03 Å². The molecule has 192 valence electrons. The van der Waals surface area contributed by atoms with E-state index < -0.39 is 17.7 Å². The van der Waals surface area contributed by atoms with Gasteiger partial charge in [-0.1, -0.05) is 66.7 Å². The molecule has 0 spiro atoms. The molecule has 1 saturated heterocycles. The van der Waals surface area contributed by atoms with E-state index in [4.69, 9.17) is 4.74 Å². The van der Waals surface area contributed by atoms with Crippen molar-refractivity contribution in [2.24, 2.45) is 0 Å². The van der Waals surface area contributed by atoms with Crippen molar-refractivity contribution < 1.29 is 19.0 Å². The third-order valence-corrected chi connectivity index (χ3v) is 6.48. The summed E-state index contributed by atoms with van der Waals surface area (Å²) in [6.45, 7) is 4.18. The molecular weight excluding hydrogens is 469 g/mol. The number of carbonyl (C=O) groups excluding carboxylic acids is 1. The smallest absolute Gasteiger partial charge is 0.320 e. The minimum absolute atomic E-state index is 0.0499. The summed E-state index contributed by atoms with van der Waals surface area (Å²) in [4.78, 5) is 17.6. The average Bonchev–Trinajstić information content (AvgIpc) is 2.98. The molecule has 2 atom stereocenters. The predicted molar refractivity (Wildman–Crippen MR) is 139 cm³/mol. The average molecular weight is 502 g/mol. The van der Waals surface area contributed by atoms with Crippen LogP contribution in [0.5, 0.6) is 0 Å². The molecule has 6 nitrogen and oxygen atoms in total. The lowest BCUT2D eigenvalue weighted by Crippen LogP contribution is -2.51. The van der Waals surface area contributed by atoms with Crippen molar-refractivity contribution in [2.75, 3.05) is 6.54 Å². The molecule has 1 aliphatic rings. The lowest BCUT2D eigenvalue weighted by Gasteiger charge is -2.38. The van der Waals surface area contributed by atoms with E-state index in [2.05, 4.69) is 0 Å². The fraction of sp³-hybridized carbons (Fsp3) is 0.333. The number of halogens is 1. The Hall–Kier alpha value is -3.73. The van der Waals surface area contributed by atoms with E-state index in [0.29, 0.717) is 31.5 Å². The molecule has 0 saturated carbocycles. The summed E-state index contributed by atoms with van der Waals surface area (Å²) in [5.41, 5.74) is 2.67. The van der Waals surface area contributed by atoms with Crippen LogP contribution in [0.25, 0.3) is 0 Å². The first-order chi connectivity index (χ1) is 17.7. The summed E-state index contributed by atoms with van der Waals surface area (Å²) in [5, 5.41) is 19.8. The van der Waals surface area contributed by atoms with Crippen LogP contribution in [0.4, 0.5) is 9.18 Å². The van der Waals surface area contributed by atoms with Crippen molar-refractivity contribution in [2.45, 2.75) is 57.7 Å². The summed E-state index contributed by atoms with van der Waals surface area (Å²) in [6.07, 6.45) is 0.634. The maximum absolute atomic E-state index is 14.1. The van der Waals surface area contributed by atoms with Crippen LogP contribution >= 0.6 is 0 Å². The highest BCUT2D eigenvalue weighted by atomic mass is 19.1. The minimum atomic E-state index is -1.38. The number of aliphatic hydroxyl groups is 1. The van der Waals surface area contributed by atoms with Crippen LogP contribution in [-0.2, 0) is 24.2 Å². The SMILES string of the molecule is CC(C)(O)OC1CCN(Cc2ccc(F)c(C#N)c2)C(=O)N(Cc2ccccc2)C1Cc1ccccc1. The number of ether oxygens (including phenoxy) is 1. The van der Waals surface area contributed by atoms with Crippen LogP contribution in [0.15, 0.2) is 78.9 Å². The first kappa shape index (κ1) is 26.3. The number of amides is 2. The Labute approximate surface area is 217 Å². The second-order valence-electron chi connectivity index (χ2n) is 9.89. The summed E-state index contributed by atoms with van der Waals surface area (Å²) >= 11 is 0. The Kier molecular flexibility index (Phi) is 8.22. The highest BCUT2D eigenvalue weighted by molar-refractivity contribution is 5.75. The predicted octanol–water partition coefficient (Wildman–Crippen LogP) is 5.25. The molecule has 0 radical (unpaired) electrons. The molecule has 1 aliphatic heterocycles. The Bertz CT molecular complexity index is 1240. The van der Waals surface area contributed by atoms with E-state index in [9.17, 15) is 19.6 Å². The van der Waals surface area contributed by atoms with E-state index in [1.807, 2.05) is 71.6 Å². The molecule has 0 aromatic heterocycles. The van der Waals surface area contributed by atoms with E-state index in [1.54, 1.807) is 24.8 Å². The Morgan fingerprint density at radius 1 is 1.00 bits per heavy atom. The Balaban J connectivity index is 1.71. The van der Waals surface area contributed by atoms with Crippen LogP contribution < -0.4 is 0 Å². The van der Waals surface area contributed by atoms with Gasteiger partial charge in [0.05, 0.1) is 17.7 Å². The minimum Gasteiger partial charge on any atom is -0.366 e. The summed E-state index contributed by atoms with van der Waals surface area (Å²) in [5.74, 6) is -1.96. The molecule has 0 bridgehead atoms. The number of rotatable bonds is 8. The van der Waals surface area contributed by atoms with Crippen molar-refractivity contribution in [1.29, 1.82) is 5.26 Å². The molecule has 3 aromatic rings. The van der Waals surface area contributed by atoms with Gasteiger partial charge in [-0.25, -0.2) is 9.18 Å². The highest BCUT2D eigenvalue weighted by Gasteiger charge is 2.39. The van der Waals surface area contributed by atoms with E-state index in [1.165, 1.54) is 12.1 Å². The van der Waals surface area contributed by atoms with Crippen LogP contribution in [0.1, 0.15) is 42.5 Å². The van der Waals surface area contributed by atoms with Gasteiger partial charge in [0.15, 0.2) is 5.79 Å². The van der Waals surface area contributed by atoms with Gasteiger partial charge in [-0.2, -0.15) is 5.26 Å². The zero-order valence-electron chi connectivity index (χ0n) is 21.2. The monoisotopic (exact) mass is 501 g/mol. The largest absolute Gasteiger partial charge is 0.366 e. The van der Waals surface area contributed by atoms with Crippen LogP contribution in [0.2, 0.25) is 0 Å². The van der Waals surface area contributed by atoms with Gasteiger partial charge in [-0.05, 0) is 55.5 Å². The standard InChI is InChI=1S/C30H32FN3O3/c1-30(2,36)37-28-15-16-33(20-24-13-14-26(31)25(17-24)19-32)29(35)34(21-23-11-7-4-8-12-23)27(28)18-22-9-5-3-6-10-22/h3-14,17,27-28,36H,15-16,18,20-21H2,1-2H3. The van der Waals surface area contributed by atoms with Crippen LogP contribution in [0.3, 0.4) is 0 Å². The number of nitriles is 1. The van der Waals surface area contributed by atoms with Gasteiger partial charge in [-0.3, -0.25) is 0 Å². The molecule has 0 aliphatic carbocycles. The van der Waals surface area contributed by atoms with Crippen molar-refractivity contribution in [1.82, 2.24) is 9.80 Å². The maximum Gasteiger partial charge on any atom is 0.320 e. The summed E-state index contributed by atoms with van der Waals surface area (Å²) in [6, 6.07) is 25.4. The van der Waals surface area contributed by atoms with Gasteiger partial charge in [0.2, 0.25) is 0 Å². The second-order valence-corrected chi connectivity index (χ2v) is 9.89. The third kappa shape index (κ3) is 6.94. The normalized spacial score (nSPS) is 18.4. The molecule has 7 heteroatoms. The molecule has 2 unspecified atom stereocenters. The zero-order valence-corrected chi connectivity index (χ0v) is 21.2. The fourth-order valence-corrected chi connectivity index (χ4v) is 4.79. The van der Waals surface area contributed by atoms with Gasteiger partial charge in [0.1, 0.15) is 11.9 Å². The van der Waals surface area contributed by atoms with Crippen LogP contribution in [0, 0.1) is 17.1 Å². The lowest BCUT2D eigenvalue weighted by atomic mass is 9.97. The molecule has 3 aromatic carbocycles. The molecule has 4 rings (SSSR count). The van der Waals surface area contributed by atoms with Crippen molar-refractivity contribution in [3.8, 4) is 6.07 Å². The van der Waals surface area contributed by atoms with Crippen molar-refractivity contribution in [3.63, 3.8) is 0 Å². The summed E-state index contributed by atoms with van der Waals surface area (Å²) in [7, 11) is 0. The zero-order chi connectivity index (χ0) is 26.4. The van der Waals surface area contributed by atoms with Gasteiger partial charge in [0, 0.05) is 19.6 Å². The number of carbonyl (C=O) groups is 1. The number of hydrogen-bond acceptors (Lipinski definition) is 4. The number of urea groups is 1. The van der Waals surface area contributed by atoms with E-state index in [0.717, 1.165) is 11.1 Å². The molecule has 2 amide bonds.